The number of amides is 2. The lowest BCUT2D eigenvalue weighted by molar-refractivity contribution is -0.134. The van der Waals surface area contributed by atoms with Crippen molar-refractivity contribution in [3.8, 4) is 0 Å². The van der Waals surface area contributed by atoms with Gasteiger partial charge in [0.2, 0.25) is 11.8 Å². The van der Waals surface area contributed by atoms with Crippen molar-refractivity contribution in [3.05, 3.63) is 35.4 Å². The van der Waals surface area contributed by atoms with E-state index in [-0.39, 0.29) is 30.2 Å². The van der Waals surface area contributed by atoms with E-state index < -0.39 is 0 Å². The molecular weight excluding hydrogens is 280 g/mol. The van der Waals surface area contributed by atoms with Gasteiger partial charge in [0.05, 0.1) is 18.6 Å². The van der Waals surface area contributed by atoms with Crippen LogP contribution >= 0.6 is 0 Å². The van der Waals surface area contributed by atoms with E-state index in [4.69, 9.17) is 4.74 Å². The molecule has 0 N–H and O–H groups in total. The van der Waals surface area contributed by atoms with Crippen LogP contribution < -0.4 is 0 Å². The molecule has 1 aromatic rings. The second kappa shape index (κ2) is 6.92. The van der Waals surface area contributed by atoms with Crippen LogP contribution in [-0.4, -0.2) is 56.0 Å². The Labute approximate surface area is 131 Å². The lowest BCUT2D eigenvalue weighted by Crippen LogP contribution is -2.36. The first kappa shape index (κ1) is 16.5. The van der Waals surface area contributed by atoms with E-state index in [1.165, 1.54) is 0 Å². The first-order chi connectivity index (χ1) is 10.5. The minimum Gasteiger partial charge on any atom is -0.383 e. The van der Waals surface area contributed by atoms with E-state index in [0.717, 1.165) is 11.1 Å². The number of likely N-dealkylation sites (tertiary alicyclic amines) is 1. The van der Waals surface area contributed by atoms with Gasteiger partial charge in [0.25, 0.3) is 0 Å². The number of rotatable bonds is 5. The van der Waals surface area contributed by atoms with Crippen LogP contribution in [0.5, 0.6) is 0 Å². The maximum absolute atomic E-state index is 12.5. The summed E-state index contributed by atoms with van der Waals surface area (Å²) in [5.41, 5.74) is 2.14. The third-order valence-electron chi connectivity index (χ3n) is 4.23. The molecule has 0 radical (unpaired) electrons. The van der Waals surface area contributed by atoms with Crippen LogP contribution in [0.15, 0.2) is 24.3 Å². The Balaban J connectivity index is 2.40. The van der Waals surface area contributed by atoms with Crippen LogP contribution in [-0.2, 0) is 14.3 Å². The lowest BCUT2D eigenvalue weighted by Gasteiger charge is -2.30. The first-order valence-electron chi connectivity index (χ1n) is 7.52. The van der Waals surface area contributed by atoms with E-state index >= 15 is 0 Å². The largest absolute Gasteiger partial charge is 0.383 e. The second-order valence-corrected chi connectivity index (χ2v) is 5.92. The van der Waals surface area contributed by atoms with Crippen LogP contribution in [0, 0.1) is 12.8 Å². The van der Waals surface area contributed by atoms with Gasteiger partial charge in [0.15, 0.2) is 0 Å². The highest BCUT2D eigenvalue weighted by Gasteiger charge is 2.45. The highest BCUT2D eigenvalue weighted by atomic mass is 16.5. The van der Waals surface area contributed by atoms with Gasteiger partial charge in [-0.25, -0.2) is 0 Å². The van der Waals surface area contributed by atoms with E-state index in [1.54, 1.807) is 31.0 Å². The molecule has 2 atom stereocenters. The lowest BCUT2D eigenvalue weighted by atomic mass is 9.90. The van der Waals surface area contributed by atoms with Gasteiger partial charge >= 0.3 is 0 Å². The van der Waals surface area contributed by atoms with E-state index in [9.17, 15) is 9.59 Å². The van der Waals surface area contributed by atoms with Crippen LogP contribution in [0.2, 0.25) is 0 Å². The van der Waals surface area contributed by atoms with Gasteiger partial charge in [0.1, 0.15) is 0 Å². The quantitative estimate of drug-likeness (QED) is 0.830. The number of methoxy groups -OCH3 is 1. The summed E-state index contributed by atoms with van der Waals surface area (Å²) in [5.74, 6) is -0.313. The zero-order valence-electron chi connectivity index (χ0n) is 13.7. The van der Waals surface area contributed by atoms with Crippen LogP contribution in [0.3, 0.4) is 0 Å². The van der Waals surface area contributed by atoms with Crippen LogP contribution in [0.1, 0.15) is 23.6 Å². The Bertz CT molecular complexity index is 557. The van der Waals surface area contributed by atoms with E-state index in [1.807, 2.05) is 31.2 Å². The standard InChI is InChI=1S/C17H24N2O3/c1-12-7-5-6-8-13(12)16-14(17(21)18(2)3)11-15(20)19(16)9-10-22-4/h5-8,14,16H,9-11H2,1-4H3/t14-,16+/m1/s1. The van der Waals surface area contributed by atoms with Gasteiger partial charge in [0, 0.05) is 34.2 Å². The van der Waals surface area contributed by atoms with Crippen molar-refractivity contribution in [3.63, 3.8) is 0 Å². The first-order valence-corrected chi connectivity index (χ1v) is 7.52. The molecule has 0 saturated carbocycles. The zero-order chi connectivity index (χ0) is 16.3. The maximum atomic E-state index is 12.5. The van der Waals surface area contributed by atoms with Crippen molar-refractivity contribution < 1.29 is 14.3 Å². The zero-order valence-corrected chi connectivity index (χ0v) is 13.7. The Morgan fingerprint density at radius 1 is 1.36 bits per heavy atom. The molecule has 120 valence electrons. The van der Waals surface area contributed by atoms with Gasteiger partial charge in [-0.1, -0.05) is 24.3 Å². The summed E-state index contributed by atoms with van der Waals surface area (Å²) in [6.07, 6.45) is 0.264. The van der Waals surface area contributed by atoms with Gasteiger partial charge in [-0.2, -0.15) is 0 Å². The van der Waals surface area contributed by atoms with Crippen LogP contribution in [0.4, 0.5) is 0 Å². The number of hydrogen-bond donors (Lipinski definition) is 0. The van der Waals surface area contributed by atoms with Crippen molar-refractivity contribution in [2.24, 2.45) is 5.92 Å². The molecule has 1 aliphatic rings. The smallest absolute Gasteiger partial charge is 0.228 e. The average molecular weight is 304 g/mol. The molecule has 2 rings (SSSR count). The molecule has 0 aliphatic carbocycles. The predicted octanol–water partition coefficient (Wildman–Crippen LogP) is 1.62. The summed E-state index contributed by atoms with van der Waals surface area (Å²) in [5, 5.41) is 0. The average Bonchev–Trinajstić information content (AvgIpc) is 2.81. The molecule has 2 amide bonds. The van der Waals surface area contributed by atoms with Crippen molar-refractivity contribution in [1.29, 1.82) is 0 Å². The summed E-state index contributed by atoms with van der Waals surface area (Å²) in [6, 6.07) is 7.74. The molecule has 1 heterocycles. The highest BCUT2D eigenvalue weighted by molar-refractivity contribution is 5.90. The molecule has 0 aromatic heterocycles. The molecule has 0 bridgehead atoms. The second-order valence-electron chi connectivity index (χ2n) is 5.92. The number of hydrogen-bond acceptors (Lipinski definition) is 3. The van der Waals surface area contributed by atoms with Gasteiger partial charge in [-0.3, -0.25) is 9.59 Å². The third kappa shape index (κ3) is 3.14. The van der Waals surface area contributed by atoms with Crippen LogP contribution in [0.25, 0.3) is 0 Å². The number of ether oxygens (including phenoxy) is 1. The molecule has 22 heavy (non-hydrogen) atoms. The SMILES string of the molecule is COCCN1C(=O)C[C@@H](C(=O)N(C)C)[C@@H]1c1ccccc1C. The predicted molar refractivity (Wildman–Crippen MR) is 84.3 cm³/mol. The normalized spacial score (nSPS) is 21.3. The molecule has 0 spiro atoms. The summed E-state index contributed by atoms with van der Waals surface area (Å²) < 4.78 is 5.12. The number of aryl methyl sites for hydroxylation is 1. The number of nitrogens with zero attached hydrogens (tertiary/aromatic N) is 2. The van der Waals surface area contributed by atoms with Gasteiger partial charge in [-0.05, 0) is 18.1 Å². The summed E-state index contributed by atoms with van der Waals surface area (Å²) in [6.45, 7) is 2.99. The summed E-state index contributed by atoms with van der Waals surface area (Å²) >= 11 is 0. The number of carbonyl (C=O) groups is 2. The van der Waals surface area contributed by atoms with Crippen molar-refractivity contribution in [2.75, 3.05) is 34.4 Å². The Kier molecular flexibility index (Phi) is 5.19. The molecule has 1 fully saturated rings. The van der Waals surface area contributed by atoms with Gasteiger partial charge < -0.3 is 14.5 Å². The van der Waals surface area contributed by atoms with Gasteiger partial charge in [-0.15, -0.1) is 0 Å². The maximum Gasteiger partial charge on any atom is 0.228 e. The number of carbonyl (C=O) groups excluding carboxylic acids is 2. The van der Waals surface area contributed by atoms with Crippen molar-refractivity contribution in [2.45, 2.75) is 19.4 Å². The van der Waals surface area contributed by atoms with Crippen molar-refractivity contribution in [1.82, 2.24) is 9.80 Å². The van der Waals surface area contributed by atoms with E-state index in [0.29, 0.717) is 13.2 Å². The molecule has 1 aliphatic heterocycles. The fourth-order valence-corrected chi connectivity index (χ4v) is 3.10. The monoisotopic (exact) mass is 304 g/mol. The Morgan fingerprint density at radius 2 is 2.05 bits per heavy atom. The molecule has 0 unspecified atom stereocenters. The highest BCUT2D eigenvalue weighted by Crippen LogP contribution is 2.39. The third-order valence-corrected chi connectivity index (χ3v) is 4.23. The minimum absolute atomic E-state index is 0.00141. The number of benzene rings is 1. The molecule has 5 heteroatoms. The fraction of sp³-hybridized carbons (Fsp3) is 0.529. The molecule has 1 saturated heterocycles. The summed E-state index contributed by atoms with van der Waals surface area (Å²) in [7, 11) is 5.09. The van der Waals surface area contributed by atoms with E-state index in [2.05, 4.69) is 0 Å². The van der Waals surface area contributed by atoms with Crippen molar-refractivity contribution >= 4 is 11.8 Å². The topological polar surface area (TPSA) is 49.9 Å². The molecule has 5 nitrogen and oxygen atoms in total. The fourth-order valence-electron chi connectivity index (χ4n) is 3.10. The summed E-state index contributed by atoms with van der Waals surface area (Å²) in [4.78, 5) is 28.3. The molecule has 1 aromatic carbocycles. The Morgan fingerprint density at radius 3 is 2.64 bits per heavy atom. The Hall–Kier alpha value is -1.88. The minimum atomic E-state index is -0.333. The molecular formula is C17H24N2O3.